The lowest BCUT2D eigenvalue weighted by molar-refractivity contribution is -0.136. The molecule has 15 heavy (non-hydrogen) atoms. The summed E-state index contributed by atoms with van der Waals surface area (Å²) in [4.78, 5) is 13.9. The van der Waals surface area contributed by atoms with Crippen LogP contribution in [0, 0.1) is 0 Å². The summed E-state index contributed by atoms with van der Waals surface area (Å²) in [5.41, 5.74) is 5.61. The Morgan fingerprint density at radius 2 is 2.00 bits per heavy atom. The van der Waals surface area contributed by atoms with Crippen molar-refractivity contribution in [3.05, 3.63) is 0 Å². The summed E-state index contributed by atoms with van der Waals surface area (Å²) in [5, 5.41) is 0. The molecule has 0 radical (unpaired) electrons. The molecule has 1 amide bonds. The van der Waals surface area contributed by atoms with Crippen LogP contribution in [-0.2, 0) is 4.79 Å². The fraction of sp³-hybridized carbons (Fsp3) is 0.909. The van der Waals surface area contributed by atoms with Gasteiger partial charge in [0.15, 0.2) is 0 Å². The minimum atomic E-state index is -0.564. The lowest BCUT2D eigenvalue weighted by Gasteiger charge is -2.35. The number of likely N-dealkylation sites (N-methyl/N-ethyl adjacent to an activating group) is 1. The van der Waals surface area contributed by atoms with Gasteiger partial charge in [-0.05, 0) is 19.1 Å². The minimum absolute atomic E-state index is 0.135. The molecule has 2 N–H and O–H groups in total. The quantitative estimate of drug-likeness (QED) is 0.795. The summed E-state index contributed by atoms with van der Waals surface area (Å²) in [6.07, 6.45) is 7.18. The molecule has 88 valence electrons. The molecule has 3 nitrogen and oxygen atoms in total. The van der Waals surface area contributed by atoms with Gasteiger partial charge in [-0.25, -0.2) is 0 Å². The molecule has 1 rings (SSSR count). The highest BCUT2D eigenvalue weighted by Crippen LogP contribution is 2.27. The molecule has 0 atom stereocenters. The van der Waals surface area contributed by atoms with E-state index < -0.39 is 5.54 Å². The van der Waals surface area contributed by atoms with E-state index in [9.17, 15) is 4.79 Å². The Kier molecular flexibility index (Phi) is 4.93. The molecule has 0 saturated heterocycles. The highest BCUT2D eigenvalue weighted by atomic mass is 32.2. The van der Waals surface area contributed by atoms with Crippen LogP contribution in [-0.4, -0.2) is 41.9 Å². The number of rotatable bonds is 4. The van der Waals surface area contributed by atoms with Crippen LogP contribution in [0.1, 0.15) is 32.1 Å². The van der Waals surface area contributed by atoms with Crippen molar-refractivity contribution in [3.8, 4) is 0 Å². The molecule has 1 aliphatic carbocycles. The molecule has 1 saturated carbocycles. The molecule has 1 aliphatic rings. The van der Waals surface area contributed by atoms with E-state index in [1.807, 2.05) is 7.05 Å². The summed E-state index contributed by atoms with van der Waals surface area (Å²) in [5.74, 6) is 1.12. The van der Waals surface area contributed by atoms with Crippen LogP contribution in [0.15, 0.2) is 0 Å². The molecular weight excluding hydrogens is 208 g/mol. The van der Waals surface area contributed by atoms with Gasteiger partial charge in [0.1, 0.15) is 0 Å². The number of hydrogen-bond donors (Lipinski definition) is 1. The molecular formula is C11H22N2OS. The van der Waals surface area contributed by atoms with Crippen molar-refractivity contribution in [3.63, 3.8) is 0 Å². The Bertz CT molecular complexity index is 215. The molecule has 0 aromatic carbocycles. The van der Waals surface area contributed by atoms with Crippen LogP contribution in [0.5, 0.6) is 0 Å². The van der Waals surface area contributed by atoms with Gasteiger partial charge in [-0.1, -0.05) is 19.3 Å². The number of amides is 1. The maximum absolute atomic E-state index is 12.1. The summed E-state index contributed by atoms with van der Waals surface area (Å²) >= 11 is 1.76. The monoisotopic (exact) mass is 230 g/mol. The van der Waals surface area contributed by atoms with Crippen LogP contribution in [0.25, 0.3) is 0 Å². The van der Waals surface area contributed by atoms with Gasteiger partial charge in [-0.15, -0.1) is 0 Å². The first-order valence-electron chi connectivity index (χ1n) is 5.63. The van der Waals surface area contributed by atoms with E-state index in [0.717, 1.165) is 38.0 Å². The second-order valence-electron chi connectivity index (χ2n) is 4.44. The van der Waals surface area contributed by atoms with E-state index in [-0.39, 0.29) is 5.91 Å². The van der Waals surface area contributed by atoms with Gasteiger partial charge in [0, 0.05) is 19.3 Å². The maximum atomic E-state index is 12.1. The molecule has 0 bridgehead atoms. The lowest BCUT2D eigenvalue weighted by atomic mass is 9.81. The average molecular weight is 230 g/mol. The van der Waals surface area contributed by atoms with E-state index in [1.54, 1.807) is 16.7 Å². The fourth-order valence-electron chi connectivity index (χ4n) is 2.11. The number of hydrogen-bond acceptors (Lipinski definition) is 3. The van der Waals surface area contributed by atoms with Crippen molar-refractivity contribution in [1.29, 1.82) is 0 Å². The highest BCUT2D eigenvalue weighted by Gasteiger charge is 2.36. The molecule has 0 unspecified atom stereocenters. The van der Waals surface area contributed by atoms with Gasteiger partial charge >= 0.3 is 0 Å². The molecule has 0 aromatic heterocycles. The molecule has 1 fully saturated rings. The van der Waals surface area contributed by atoms with E-state index in [2.05, 4.69) is 6.26 Å². The van der Waals surface area contributed by atoms with Crippen LogP contribution in [0.3, 0.4) is 0 Å². The van der Waals surface area contributed by atoms with Crippen molar-refractivity contribution in [2.24, 2.45) is 5.73 Å². The third kappa shape index (κ3) is 3.38. The summed E-state index contributed by atoms with van der Waals surface area (Å²) in [6.45, 7) is 0.805. The van der Waals surface area contributed by atoms with E-state index >= 15 is 0 Å². The van der Waals surface area contributed by atoms with E-state index in [4.69, 9.17) is 5.73 Å². The topological polar surface area (TPSA) is 46.3 Å². The predicted octanol–water partition coefficient (Wildman–Crippen LogP) is 1.47. The first-order chi connectivity index (χ1) is 7.10. The Morgan fingerprint density at radius 1 is 1.40 bits per heavy atom. The van der Waals surface area contributed by atoms with Crippen molar-refractivity contribution in [1.82, 2.24) is 4.90 Å². The summed E-state index contributed by atoms with van der Waals surface area (Å²) < 4.78 is 0. The number of carbonyl (C=O) groups excluding carboxylic acids is 1. The number of carbonyl (C=O) groups is 1. The highest BCUT2D eigenvalue weighted by molar-refractivity contribution is 7.98. The van der Waals surface area contributed by atoms with Gasteiger partial charge in [0.25, 0.3) is 0 Å². The standard InChI is InChI=1S/C11H22N2OS/c1-13(8-9-15-2)10(14)11(12)6-4-3-5-7-11/h3-9,12H2,1-2H3. The van der Waals surface area contributed by atoms with Gasteiger partial charge in [-0.2, -0.15) is 11.8 Å². The number of thioether (sulfide) groups is 1. The third-order valence-electron chi connectivity index (χ3n) is 3.15. The first kappa shape index (κ1) is 12.8. The van der Waals surface area contributed by atoms with E-state index in [0.29, 0.717) is 0 Å². The number of nitrogens with two attached hydrogens (primary N) is 1. The predicted molar refractivity (Wildman–Crippen MR) is 66.0 cm³/mol. The minimum Gasteiger partial charge on any atom is -0.343 e. The van der Waals surface area contributed by atoms with Crippen molar-refractivity contribution < 1.29 is 4.79 Å². The summed E-state index contributed by atoms with van der Waals surface area (Å²) in [6, 6.07) is 0. The molecule has 0 heterocycles. The first-order valence-corrected chi connectivity index (χ1v) is 7.03. The largest absolute Gasteiger partial charge is 0.343 e. The Balaban J connectivity index is 2.49. The zero-order chi connectivity index (χ0) is 11.3. The normalized spacial score (nSPS) is 19.9. The molecule has 4 heteroatoms. The van der Waals surface area contributed by atoms with Crippen molar-refractivity contribution in [2.45, 2.75) is 37.6 Å². The SMILES string of the molecule is CSCCN(C)C(=O)C1(N)CCCCC1. The Hall–Kier alpha value is -0.220. The van der Waals surface area contributed by atoms with E-state index in [1.165, 1.54) is 6.42 Å². The van der Waals surface area contributed by atoms with Crippen molar-refractivity contribution >= 4 is 17.7 Å². The average Bonchev–Trinajstić information content (AvgIpc) is 2.26. The Labute approximate surface area is 96.8 Å². The lowest BCUT2D eigenvalue weighted by Crippen LogP contribution is -2.55. The Morgan fingerprint density at radius 3 is 2.53 bits per heavy atom. The van der Waals surface area contributed by atoms with Gasteiger partial charge < -0.3 is 10.6 Å². The van der Waals surface area contributed by atoms with Crippen LogP contribution >= 0.6 is 11.8 Å². The second-order valence-corrected chi connectivity index (χ2v) is 5.42. The molecule has 0 aromatic rings. The van der Waals surface area contributed by atoms with Crippen molar-refractivity contribution in [2.75, 3.05) is 25.6 Å². The summed E-state index contributed by atoms with van der Waals surface area (Å²) in [7, 11) is 1.86. The maximum Gasteiger partial charge on any atom is 0.242 e. The van der Waals surface area contributed by atoms with Crippen LogP contribution in [0.2, 0.25) is 0 Å². The van der Waals surface area contributed by atoms with Crippen LogP contribution in [0.4, 0.5) is 0 Å². The number of nitrogens with zero attached hydrogens (tertiary/aromatic N) is 1. The van der Waals surface area contributed by atoms with Gasteiger partial charge in [0.2, 0.25) is 5.91 Å². The zero-order valence-corrected chi connectivity index (χ0v) is 10.6. The molecule has 0 spiro atoms. The second kappa shape index (κ2) is 5.75. The van der Waals surface area contributed by atoms with Gasteiger partial charge in [0.05, 0.1) is 5.54 Å². The smallest absolute Gasteiger partial charge is 0.242 e. The van der Waals surface area contributed by atoms with Gasteiger partial charge in [-0.3, -0.25) is 4.79 Å². The molecule has 0 aliphatic heterocycles. The van der Waals surface area contributed by atoms with Crippen LogP contribution < -0.4 is 5.73 Å². The third-order valence-corrected chi connectivity index (χ3v) is 3.74. The zero-order valence-electron chi connectivity index (χ0n) is 9.79. The fourth-order valence-corrected chi connectivity index (χ4v) is 2.56.